The Balaban J connectivity index is 1.46. The second-order valence-corrected chi connectivity index (χ2v) is 8.97. The van der Waals surface area contributed by atoms with Gasteiger partial charge in [0.15, 0.2) is 5.69 Å². The molecule has 0 atom stereocenters. The van der Waals surface area contributed by atoms with E-state index in [1.165, 1.54) is 30.3 Å². The highest BCUT2D eigenvalue weighted by Gasteiger charge is 2.37. The first kappa shape index (κ1) is 27.3. The molecule has 40 heavy (non-hydrogen) atoms. The van der Waals surface area contributed by atoms with Gasteiger partial charge in [-0.2, -0.15) is 18.2 Å². The summed E-state index contributed by atoms with van der Waals surface area (Å²) in [5.74, 6) is -0.330. The Morgan fingerprint density at radius 2 is 1.48 bits per heavy atom. The van der Waals surface area contributed by atoms with Crippen molar-refractivity contribution < 1.29 is 32.2 Å². The number of carbonyl (C=O) groups excluding carboxylic acids is 2. The zero-order valence-electron chi connectivity index (χ0n) is 21.3. The number of imide groups is 1. The summed E-state index contributed by atoms with van der Waals surface area (Å²) in [5, 5.41) is 4.28. The van der Waals surface area contributed by atoms with Gasteiger partial charge in [0.1, 0.15) is 11.6 Å². The number of nitrogens with zero attached hydrogens (tertiary/aromatic N) is 5. The monoisotopic (exact) mass is 557 g/mol. The van der Waals surface area contributed by atoms with Crippen molar-refractivity contribution in [3.8, 4) is 11.3 Å². The van der Waals surface area contributed by atoms with E-state index in [4.69, 9.17) is 9.47 Å². The minimum atomic E-state index is -4.87. The largest absolute Gasteiger partial charge is 0.434 e. The molecule has 2 aromatic heterocycles. The van der Waals surface area contributed by atoms with Crippen LogP contribution >= 0.6 is 0 Å². The molecule has 2 N–H and O–H groups in total. The molecule has 2 aliphatic heterocycles. The number of benzene rings is 1. The SMILES string of the molecule is O=C(NC(=O)c1ccccc1)Nc1ccc(-c2cc(N3CCOCC3)nc(N3CCOCC3)n2)c(C(F)(F)F)n1. The van der Waals surface area contributed by atoms with Crippen LogP contribution in [0.2, 0.25) is 0 Å². The van der Waals surface area contributed by atoms with E-state index in [2.05, 4.69) is 25.6 Å². The number of anilines is 3. The van der Waals surface area contributed by atoms with Gasteiger partial charge in [-0.25, -0.2) is 14.8 Å². The number of urea groups is 1. The summed E-state index contributed by atoms with van der Waals surface area (Å²) >= 11 is 0. The van der Waals surface area contributed by atoms with Gasteiger partial charge in [-0.15, -0.1) is 0 Å². The lowest BCUT2D eigenvalue weighted by Gasteiger charge is -2.31. The quantitative estimate of drug-likeness (QED) is 0.487. The molecule has 1 aromatic carbocycles. The van der Waals surface area contributed by atoms with Crippen LogP contribution in [0.4, 0.5) is 35.5 Å². The van der Waals surface area contributed by atoms with E-state index in [0.717, 1.165) is 0 Å². The fourth-order valence-electron chi connectivity index (χ4n) is 4.28. The topological polar surface area (TPSA) is 122 Å². The lowest BCUT2D eigenvalue weighted by Crippen LogP contribution is -2.39. The number of carbonyl (C=O) groups is 2. The van der Waals surface area contributed by atoms with Crippen LogP contribution < -0.4 is 20.4 Å². The van der Waals surface area contributed by atoms with Crippen LogP contribution in [-0.4, -0.2) is 79.5 Å². The second-order valence-electron chi connectivity index (χ2n) is 8.97. The van der Waals surface area contributed by atoms with E-state index >= 15 is 0 Å². The number of nitrogens with one attached hydrogen (secondary N) is 2. The molecule has 2 aliphatic rings. The maximum Gasteiger partial charge on any atom is 0.434 e. The summed E-state index contributed by atoms with van der Waals surface area (Å²) in [5.41, 5.74) is -1.26. The van der Waals surface area contributed by atoms with Crippen LogP contribution in [0.25, 0.3) is 11.3 Å². The standard InChI is InChI=1S/C26H26F3N7O4/c27-26(28,29)22-18(6-7-20(31-22)32-25(38)34-23(37)17-4-2-1-3-5-17)19-16-21(35-8-12-39-13-9-35)33-24(30-19)36-10-14-40-15-11-36/h1-7,16H,8-15H2,(H2,31,32,34,37,38). The normalized spacial score (nSPS) is 16.0. The highest BCUT2D eigenvalue weighted by Crippen LogP contribution is 2.37. The highest BCUT2D eigenvalue weighted by atomic mass is 19.4. The molecule has 0 bridgehead atoms. The van der Waals surface area contributed by atoms with Crippen molar-refractivity contribution in [1.82, 2.24) is 20.3 Å². The average molecular weight is 558 g/mol. The molecule has 14 heteroatoms. The van der Waals surface area contributed by atoms with Crippen molar-refractivity contribution >= 4 is 29.5 Å². The van der Waals surface area contributed by atoms with E-state index in [9.17, 15) is 22.8 Å². The Bertz CT molecular complexity index is 1330. The minimum absolute atomic E-state index is 0.0352. The zero-order chi connectivity index (χ0) is 28.1. The lowest BCUT2D eigenvalue weighted by atomic mass is 10.1. The molecule has 3 aromatic rings. The van der Waals surface area contributed by atoms with Crippen LogP contribution in [0.15, 0.2) is 48.5 Å². The highest BCUT2D eigenvalue weighted by molar-refractivity contribution is 6.07. The van der Waals surface area contributed by atoms with Crippen molar-refractivity contribution in [2.24, 2.45) is 0 Å². The summed E-state index contributed by atoms with van der Waals surface area (Å²) in [4.78, 5) is 41.2. The number of halogens is 3. The molecule has 2 fully saturated rings. The van der Waals surface area contributed by atoms with Gasteiger partial charge in [0.25, 0.3) is 5.91 Å². The molecule has 210 valence electrons. The zero-order valence-corrected chi connectivity index (χ0v) is 21.3. The number of aromatic nitrogens is 3. The predicted molar refractivity (Wildman–Crippen MR) is 139 cm³/mol. The second kappa shape index (κ2) is 11.8. The maximum atomic E-state index is 14.3. The van der Waals surface area contributed by atoms with Gasteiger partial charge in [-0.1, -0.05) is 18.2 Å². The number of hydrogen-bond acceptors (Lipinski definition) is 9. The minimum Gasteiger partial charge on any atom is -0.378 e. The Morgan fingerprint density at radius 1 is 0.825 bits per heavy atom. The Morgan fingerprint density at radius 3 is 2.12 bits per heavy atom. The molecule has 2 saturated heterocycles. The number of amides is 3. The molecule has 3 amide bonds. The fourth-order valence-corrected chi connectivity index (χ4v) is 4.28. The number of morpholine rings is 2. The summed E-state index contributed by atoms with van der Waals surface area (Å²) in [7, 11) is 0. The summed E-state index contributed by atoms with van der Waals surface area (Å²) in [6, 6.07) is 10.8. The molecular formula is C26H26F3N7O4. The number of hydrogen-bond donors (Lipinski definition) is 2. The van der Waals surface area contributed by atoms with Crippen molar-refractivity contribution in [1.29, 1.82) is 0 Å². The number of rotatable bonds is 5. The Kier molecular flexibility index (Phi) is 8.07. The summed E-state index contributed by atoms with van der Waals surface area (Å²) in [6.07, 6.45) is -4.87. The van der Waals surface area contributed by atoms with E-state index in [0.29, 0.717) is 58.4 Å². The van der Waals surface area contributed by atoms with Gasteiger partial charge >= 0.3 is 12.2 Å². The fraction of sp³-hybridized carbons (Fsp3) is 0.346. The van der Waals surface area contributed by atoms with Crippen LogP contribution in [0, 0.1) is 0 Å². The van der Waals surface area contributed by atoms with Crippen LogP contribution in [0.5, 0.6) is 0 Å². The van der Waals surface area contributed by atoms with Crippen LogP contribution in [0.3, 0.4) is 0 Å². The van der Waals surface area contributed by atoms with Crippen molar-refractivity contribution in [2.75, 3.05) is 67.7 Å². The molecule has 11 nitrogen and oxygen atoms in total. The molecule has 0 saturated carbocycles. The van der Waals surface area contributed by atoms with E-state index in [1.807, 2.05) is 9.80 Å². The number of alkyl halides is 3. The summed E-state index contributed by atoms with van der Waals surface area (Å²) in [6.45, 7) is 3.89. The van der Waals surface area contributed by atoms with E-state index in [-0.39, 0.29) is 28.6 Å². The average Bonchev–Trinajstić information content (AvgIpc) is 2.98. The van der Waals surface area contributed by atoms with E-state index < -0.39 is 23.8 Å². The van der Waals surface area contributed by atoms with Gasteiger partial charge in [0.2, 0.25) is 5.95 Å². The molecule has 5 rings (SSSR count). The number of ether oxygens (including phenoxy) is 2. The molecule has 0 spiro atoms. The third-order valence-corrected chi connectivity index (χ3v) is 6.27. The van der Waals surface area contributed by atoms with Gasteiger partial charge < -0.3 is 19.3 Å². The predicted octanol–water partition coefficient (Wildman–Crippen LogP) is 3.19. The van der Waals surface area contributed by atoms with Gasteiger partial charge in [-0.3, -0.25) is 15.4 Å². The van der Waals surface area contributed by atoms with Crippen molar-refractivity contribution in [3.63, 3.8) is 0 Å². The lowest BCUT2D eigenvalue weighted by molar-refractivity contribution is -0.140. The Labute approximate surface area is 227 Å². The first-order valence-corrected chi connectivity index (χ1v) is 12.6. The molecule has 4 heterocycles. The first-order chi connectivity index (χ1) is 19.3. The third kappa shape index (κ3) is 6.46. The maximum absolute atomic E-state index is 14.3. The van der Waals surface area contributed by atoms with Gasteiger partial charge in [0.05, 0.1) is 32.1 Å². The Hall–Kier alpha value is -4.30. The molecule has 0 radical (unpaired) electrons. The van der Waals surface area contributed by atoms with E-state index in [1.54, 1.807) is 18.2 Å². The van der Waals surface area contributed by atoms with Gasteiger partial charge in [-0.05, 0) is 24.3 Å². The molecular weight excluding hydrogens is 531 g/mol. The van der Waals surface area contributed by atoms with Gasteiger partial charge in [0, 0.05) is 43.4 Å². The molecule has 0 unspecified atom stereocenters. The molecule has 0 aliphatic carbocycles. The number of pyridine rings is 1. The van der Waals surface area contributed by atoms with Crippen LogP contribution in [-0.2, 0) is 15.7 Å². The van der Waals surface area contributed by atoms with Crippen LogP contribution in [0.1, 0.15) is 16.1 Å². The third-order valence-electron chi connectivity index (χ3n) is 6.27. The summed E-state index contributed by atoms with van der Waals surface area (Å²) < 4.78 is 53.6. The smallest absolute Gasteiger partial charge is 0.378 e. The van der Waals surface area contributed by atoms with Crippen molar-refractivity contribution in [2.45, 2.75) is 6.18 Å². The first-order valence-electron chi connectivity index (χ1n) is 12.6. The van der Waals surface area contributed by atoms with Crippen molar-refractivity contribution in [3.05, 3.63) is 59.8 Å².